The molecule has 0 fully saturated rings. The summed E-state index contributed by atoms with van der Waals surface area (Å²) in [7, 11) is 0. The Hall–Kier alpha value is -2.27. The van der Waals surface area contributed by atoms with Gasteiger partial charge in [-0.15, -0.1) is 0 Å². The third-order valence-corrected chi connectivity index (χ3v) is 3.71. The minimum absolute atomic E-state index is 0.0550. The van der Waals surface area contributed by atoms with E-state index in [4.69, 9.17) is 0 Å². The number of rotatable bonds is 9. The second-order valence-electron chi connectivity index (χ2n) is 5.57. The van der Waals surface area contributed by atoms with Gasteiger partial charge in [0.15, 0.2) is 0 Å². The van der Waals surface area contributed by atoms with Crippen LogP contribution in [0.3, 0.4) is 0 Å². The molecule has 128 valence electrons. The van der Waals surface area contributed by atoms with Crippen molar-refractivity contribution in [2.24, 2.45) is 0 Å². The standard InChI is InChI=1S/C19H22F2N2O/c20-17-7-5-15(6-8-17)9-12-22-13-11-19(24)23-14-10-16-3-1-2-4-18(16)21/h1-8,22H,9-14H2,(H,23,24). The molecule has 0 unspecified atom stereocenters. The van der Waals surface area contributed by atoms with Crippen molar-refractivity contribution in [3.8, 4) is 0 Å². The number of carbonyl (C=O) groups is 1. The minimum atomic E-state index is -0.241. The lowest BCUT2D eigenvalue weighted by Crippen LogP contribution is -2.30. The highest BCUT2D eigenvalue weighted by molar-refractivity contribution is 5.76. The fourth-order valence-corrected chi connectivity index (χ4v) is 2.34. The molecule has 3 nitrogen and oxygen atoms in total. The van der Waals surface area contributed by atoms with E-state index in [1.165, 1.54) is 18.2 Å². The number of nitrogens with one attached hydrogen (secondary N) is 2. The minimum Gasteiger partial charge on any atom is -0.356 e. The molecule has 5 heteroatoms. The highest BCUT2D eigenvalue weighted by Gasteiger charge is 2.03. The van der Waals surface area contributed by atoms with Gasteiger partial charge in [-0.1, -0.05) is 30.3 Å². The molecular weight excluding hydrogens is 310 g/mol. The lowest BCUT2D eigenvalue weighted by atomic mass is 10.1. The van der Waals surface area contributed by atoms with Gasteiger partial charge in [0.05, 0.1) is 0 Å². The van der Waals surface area contributed by atoms with Crippen molar-refractivity contribution in [1.29, 1.82) is 0 Å². The molecule has 2 aromatic rings. The van der Waals surface area contributed by atoms with Crippen LogP contribution < -0.4 is 10.6 Å². The molecule has 0 atom stereocenters. The number of carbonyl (C=O) groups excluding carboxylic acids is 1. The van der Waals surface area contributed by atoms with Gasteiger partial charge in [0.25, 0.3) is 0 Å². The maximum atomic E-state index is 13.4. The monoisotopic (exact) mass is 332 g/mol. The first kappa shape index (κ1) is 18.1. The van der Waals surface area contributed by atoms with Gasteiger partial charge in [0.1, 0.15) is 11.6 Å². The second-order valence-corrected chi connectivity index (χ2v) is 5.57. The van der Waals surface area contributed by atoms with Crippen LogP contribution in [-0.4, -0.2) is 25.5 Å². The molecule has 0 bridgehead atoms. The van der Waals surface area contributed by atoms with E-state index in [2.05, 4.69) is 10.6 Å². The maximum Gasteiger partial charge on any atom is 0.221 e. The van der Waals surface area contributed by atoms with E-state index in [9.17, 15) is 13.6 Å². The lowest BCUT2D eigenvalue weighted by Gasteiger charge is -2.07. The Bertz CT molecular complexity index is 644. The fraction of sp³-hybridized carbons (Fsp3) is 0.316. The maximum absolute atomic E-state index is 13.4. The smallest absolute Gasteiger partial charge is 0.221 e. The molecule has 0 saturated heterocycles. The zero-order valence-electron chi connectivity index (χ0n) is 13.5. The van der Waals surface area contributed by atoms with Gasteiger partial charge in [0, 0.05) is 19.5 Å². The molecule has 0 saturated carbocycles. The molecule has 0 aliphatic carbocycles. The number of benzene rings is 2. The van der Waals surface area contributed by atoms with Gasteiger partial charge < -0.3 is 10.6 Å². The Morgan fingerprint density at radius 1 is 0.875 bits per heavy atom. The van der Waals surface area contributed by atoms with Gasteiger partial charge in [-0.05, 0) is 48.7 Å². The first-order valence-electron chi connectivity index (χ1n) is 8.10. The second kappa shape index (κ2) is 9.78. The third kappa shape index (κ3) is 6.46. The quantitative estimate of drug-likeness (QED) is 0.693. The zero-order valence-corrected chi connectivity index (χ0v) is 13.5. The highest BCUT2D eigenvalue weighted by Crippen LogP contribution is 2.06. The largest absolute Gasteiger partial charge is 0.356 e. The Labute approximate surface area is 141 Å². The lowest BCUT2D eigenvalue weighted by molar-refractivity contribution is -0.120. The van der Waals surface area contributed by atoms with Crippen molar-refractivity contribution in [2.45, 2.75) is 19.3 Å². The highest BCUT2D eigenvalue weighted by atomic mass is 19.1. The van der Waals surface area contributed by atoms with Crippen molar-refractivity contribution in [3.63, 3.8) is 0 Å². The summed E-state index contributed by atoms with van der Waals surface area (Å²) >= 11 is 0. The predicted octanol–water partition coefficient (Wildman–Crippen LogP) is 2.85. The van der Waals surface area contributed by atoms with E-state index in [1.807, 2.05) is 0 Å². The Morgan fingerprint density at radius 3 is 2.38 bits per heavy atom. The van der Waals surface area contributed by atoms with Crippen molar-refractivity contribution in [2.75, 3.05) is 19.6 Å². The van der Waals surface area contributed by atoms with Gasteiger partial charge >= 0.3 is 0 Å². The predicted molar refractivity (Wildman–Crippen MR) is 90.7 cm³/mol. The molecule has 0 aliphatic heterocycles. The molecule has 0 radical (unpaired) electrons. The normalized spacial score (nSPS) is 10.6. The Kier molecular flexibility index (Phi) is 7.36. The molecule has 2 rings (SSSR count). The molecule has 0 aliphatic rings. The van der Waals surface area contributed by atoms with Crippen LogP contribution in [0, 0.1) is 11.6 Å². The summed E-state index contributed by atoms with van der Waals surface area (Å²) in [5.74, 6) is -0.534. The summed E-state index contributed by atoms with van der Waals surface area (Å²) in [6.45, 7) is 1.73. The number of halogens is 2. The zero-order chi connectivity index (χ0) is 17.2. The third-order valence-electron chi connectivity index (χ3n) is 3.71. The molecule has 24 heavy (non-hydrogen) atoms. The van der Waals surface area contributed by atoms with Gasteiger partial charge in [0.2, 0.25) is 5.91 Å². The van der Waals surface area contributed by atoms with E-state index < -0.39 is 0 Å². The first-order chi connectivity index (χ1) is 11.6. The Morgan fingerprint density at radius 2 is 1.62 bits per heavy atom. The van der Waals surface area contributed by atoms with Crippen LogP contribution in [-0.2, 0) is 17.6 Å². The number of hydrogen-bond donors (Lipinski definition) is 2. The molecule has 2 aromatic carbocycles. The van der Waals surface area contributed by atoms with Crippen molar-refractivity contribution in [1.82, 2.24) is 10.6 Å². The SMILES string of the molecule is O=C(CCNCCc1ccc(F)cc1)NCCc1ccccc1F. The summed E-state index contributed by atoms with van der Waals surface area (Å²) in [6.07, 6.45) is 1.65. The number of hydrogen-bond acceptors (Lipinski definition) is 2. The summed E-state index contributed by atoms with van der Waals surface area (Å²) in [5, 5.41) is 5.97. The summed E-state index contributed by atoms with van der Waals surface area (Å²) in [4.78, 5) is 11.7. The summed E-state index contributed by atoms with van der Waals surface area (Å²) in [6, 6.07) is 13.0. The van der Waals surface area contributed by atoms with Crippen LogP contribution in [0.15, 0.2) is 48.5 Å². The van der Waals surface area contributed by atoms with Crippen LogP contribution in [0.25, 0.3) is 0 Å². The van der Waals surface area contributed by atoms with Crippen LogP contribution in [0.4, 0.5) is 8.78 Å². The van der Waals surface area contributed by atoms with Crippen LogP contribution in [0.2, 0.25) is 0 Å². The molecule has 0 heterocycles. The summed E-state index contributed by atoms with van der Waals surface area (Å²) < 4.78 is 26.2. The molecule has 0 spiro atoms. The molecule has 2 N–H and O–H groups in total. The van der Waals surface area contributed by atoms with Crippen molar-refractivity contribution < 1.29 is 13.6 Å². The Balaban J connectivity index is 1.53. The van der Waals surface area contributed by atoms with E-state index in [0.717, 1.165) is 18.5 Å². The van der Waals surface area contributed by atoms with Crippen molar-refractivity contribution >= 4 is 5.91 Å². The molecule has 0 aromatic heterocycles. The van der Waals surface area contributed by atoms with Crippen molar-refractivity contribution in [3.05, 3.63) is 71.3 Å². The van der Waals surface area contributed by atoms with E-state index in [1.54, 1.807) is 30.3 Å². The first-order valence-corrected chi connectivity index (χ1v) is 8.10. The summed E-state index contributed by atoms with van der Waals surface area (Å²) in [5.41, 5.74) is 1.66. The average Bonchev–Trinajstić information content (AvgIpc) is 2.58. The van der Waals surface area contributed by atoms with E-state index >= 15 is 0 Å². The van der Waals surface area contributed by atoms with Crippen LogP contribution >= 0.6 is 0 Å². The van der Waals surface area contributed by atoms with Gasteiger partial charge in [-0.3, -0.25) is 4.79 Å². The topological polar surface area (TPSA) is 41.1 Å². The van der Waals surface area contributed by atoms with Gasteiger partial charge in [-0.2, -0.15) is 0 Å². The van der Waals surface area contributed by atoms with E-state index in [-0.39, 0.29) is 17.5 Å². The van der Waals surface area contributed by atoms with Crippen LogP contribution in [0.5, 0.6) is 0 Å². The van der Waals surface area contributed by atoms with Gasteiger partial charge in [-0.25, -0.2) is 8.78 Å². The molecular formula is C19H22F2N2O. The van der Waals surface area contributed by atoms with E-state index in [0.29, 0.717) is 31.5 Å². The fourth-order valence-electron chi connectivity index (χ4n) is 2.34. The van der Waals surface area contributed by atoms with Crippen LogP contribution in [0.1, 0.15) is 17.5 Å². The molecule has 1 amide bonds. The number of amides is 1. The average molecular weight is 332 g/mol.